The van der Waals surface area contributed by atoms with E-state index in [1.54, 1.807) is 29.0 Å². The van der Waals surface area contributed by atoms with Crippen LogP contribution in [0.5, 0.6) is 0 Å². The molecule has 2 aromatic heterocycles. The van der Waals surface area contributed by atoms with Crippen molar-refractivity contribution in [2.24, 2.45) is 0 Å². The molecule has 0 saturated carbocycles. The molecule has 2 heterocycles. The van der Waals surface area contributed by atoms with Gasteiger partial charge in [-0.1, -0.05) is 0 Å². The number of ketones is 1. The van der Waals surface area contributed by atoms with Crippen LogP contribution in [0.4, 0.5) is 0 Å². The third-order valence-electron chi connectivity index (χ3n) is 2.22. The third-order valence-corrected chi connectivity index (χ3v) is 4.55. The molecule has 0 aliphatic heterocycles. The summed E-state index contributed by atoms with van der Waals surface area (Å²) in [7, 11) is 0. The van der Waals surface area contributed by atoms with Crippen molar-refractivity contribution in [2.75, 3.05) is 0 Å². The van der Waals surface area contributed by atoms with Crippen LogP contribution in [-0.4, -0.2) is 10.4 Å². The summed E-state index contributed by atoms with van der Waals surface area (Å²) in [6.45, 7) is 0.178. The molecule has 0 spiro atoms. The van der Waals surface area contributed by atoms with E-state index in [4.69, 9.17) is 5.26 Å². The summed E-state index contributed by atoms with van der Waals surface area (Å²) in [6.07, 6.45) is 1.73. The van der Waals surface area contributed by atoms with Crippen LogP contribution in [0.1, 0.15) is 16.1 Å². The maximum Gasteiger partial charge on any atom is 0.184 e. The Kier molecular flexibility index (Phi) is 3.82. The van der Waals surface area contributed by atoms with E-state index in [9.17, 15) is 4.79 Å². The van der Waals surface area contributed by atoms with E-state index in [2.05, 4.69) is 31.9 Å². The molecule has 0 aliphatic carbocycles. The first-order valence-electron chi connectivity index (χ1n) is 4.65. The van der Waals surface area contributed by atoms with Crippen LogP contribution in [0, 0.1) is 11.3 Å². The van der Waals surface area contributed by atoms with Crippen molar-refractivity contribution in [3.05, 3.63) is 43.2 Å². The highest BCUT2D eigenvalue weighted by Gasteiger charge is 2.14. The standard InChI is InChI=1S/C11H6Br2N2OS/c12-10-4-8(11(13)17-10)9(16)6-15-3-1-2-7(15)5-14/h1-4H,6H2. The lowest BCUT2D eigenvalue weighted by Gasteiger charge is -2.02. The molecule has 0 N–H and O–H groups in total. The van der Waals surface area contributed by atoms with Crippen LogP contribution < -0.4 is 0 Å². The molecule has 3 nitrogen and oxygen atoms in total. The molecule has 0 saturated heterocycles. The number of nitrogens with zero attached hydrogens (tertiary/aromatic N) is 2. The fraction of sp³-hybridized carbons (Fsp3) is 0.0909. The first kappa shape index (κ1) is 12.6. The van der Waals surface area contributed by atoms with Gasteiger partial charge in [-0.05, 0) is 50.1 Å². The molecule has 0 atom stereocenters. The second-order valence-corrected chi connectivity index (χ2v) is 7.04. The molecule has 0 unspecified atom stereocenters. The number of hydrogen-bond donors (Lipinski definition) is 0. The number of hydrogen-bond acceptors (Lipinski definition) is 3. The zero-order valence-electron chi connectivity index (χ0n) is 8.48. The smallest absolute Gasteiger partial charge is 0.184 e. The highest BCUT2D eigenvalue weighted by Crippen LogP contribution is 2.32. The second kappa shape index (κ2) is 5.17. The predicted octanol–water partition coefficient (Wildman–Crippen LogP) is 3.83. The molecule has 0 fully saturated rings. The predicted molar refractivity (Wildman–Crippen MR) is 73.2 cm³/mol. The first-order valence-corrected chi connectivity index (χ1v) is 7.05. The number of carbonyl (C=O) groups excluding carboxylic acids is 1. The molecule has 0 amide bonds. The van der Waals surface area contributed by atoms with Gasteiger partial charge in [-0.25, -0.2) is 0 Å². The summed E-state index contributed by atoms with van der Waals surface area (Å²) in [6, 6.07) is 7.27. The molecule has 2 rings (SSSR count). The largest absolute Gasteiger partial charge is 0.332 e. The van der Waals surface area contributed by atoms with Crippen LogP contribution >= 0.6 is 43.2 Å². The summed E-state index contributed by atoms with van der Waals surface area (Å²) in [5, 5.41) is 8.85. The number of carbonyl (C=O) groups is 1. The van der Waals surface area contributed by atoms with Crippen molar-refractivity contribution in [2.45, 2.75) is 6.54 Å². The zero-order chi connectivity index (χ0) is 12.4. The Morgan fingerprint density at radius 3 is 2.88 bits per heavy atom. The molecule has 0 bridgehead atoms. The quantitative estimate of drug-likeness (QED) is 0.767. The first-order chi connectivity index (χ1) is 8.11. The van der Waals surface area contributed by atoms with E-state index in [-0.39, 0.29) is 12.3 Å². The topological polar surface area (TPSA) is 45.8 Å². The Balaban J connectivity index is 2.24. The SMILES string of the molecule is N#Cc1cccn1CC(=O)c1cc(Br)sc1Br. The van der Waals surface area contributed by atoms with Gasteiger partial charge in [0.2, 0.25) is 0 Å². The van der Waals surface area contributed by atoms with Crippen molar-refractivity contribution < 1.29 is 4.79 Å². The van der Waals surface area contributed by atoms with E-state index < -0.39 is 0 Å². The van der Waals surface area contributed by atoms with Crippen molar-refractivity contribution in [3.63, 3.8) is 0 Å². The number of thiophene rings is 1. The number of halogens is 2. The highest BCUT2D eigenvalue weighted by molar-refractivity contribution is 9.12. The van der Waals surface area contributed by atoms with Gasteiger partial charge in [-0.3, -0.25) is 4.79 Å². The number of nitriles is 1. The fourth-order valence-electron chi connectivity index (χ4n) is 1.42. The zero-order valence-corrected chi connectivity index (χ0v) is 12.5. The lowest BCUT2D eigenvalue weighted by atomic mass is 10.2. The highest BCUT2D eigenvalue weighted by atomic mass is 79.9. The maximum atomic E-state index is 12.0. The van der Waals surface area contributed by atoms with Crippen molar-refractivity contribution in [1.82, 2.24) is 4.57 Å². The molecular formula is C11H6Br2N2OS. The molecule has 0 aromatic carbocycles. The lowest BCUT2D eigenvalue weighted by Crippen LogP contribution is -2.10. The van der Waals surface area contributed by atoms with Gasteiger partial charge in [-0.2, -0.15) is 5.26 Å². The monoisotopic (exact) mass is 372 g/mol. The molecular weight excluding hydrogens is 368 g/mol. The van der Waals surface area contributed by atoms with Crippen LogP contribution in [0.25, 0.3) is 0 Å². The number of rotatable bonds is 3. The molecule has 0 aliphatic rings. The Morgan fingerprint density at radius 1 is 1.53 bits per heavy atom. The van der Waals surface area contributed by atoms with Crippen LogP contribution in [0.3, 0.4) is 0 Å². The maximum absolute atomic E-state index is 12.0. The molecule has 6 heteroatoms. The van der Waals surface area contributed by atoms with Gasteiger partial charge in [0.1, 0.15) is 11.8 Å². The summed E-state index contributed by atoms with van der Waals surface area (Å²) < 4.78 is 3.35. The minimum Gasteiger partial charge on any atom is -0.332 e. The Labute approximate surface area is 119 Å². The van der Waals surface area contributed by atoms with E-state index in [0.717, 1.165) is 7.57 Å². The Hall–Kier alpha value is -0.900. The van der Waals surface area contributed by atoms with E-state index >= 15 is 0 Å². The Bertz CT molecular complexity index is 609. The summed E-state index contributed by atoms with van der Waals surface area (Å²) in [5.74, 6) is -0.0217. The Morgan fingerprint density at radius 2 is 2.29 bits per heavy atom. The van der Waals surface area contributed by atoms with Gasteiger partial charge in [0.05, 0.1) is 14.1 Å². The third kappa shape index (κ3) is 2.68. The minimum atomic E-state index is -0.0217. The van der Waals surface area contributed by atoms with Gasteiger partial charge in [0.15, 0.2) is 5.78 Å². The minimum absolute atomic E-state index is 0.0217. The van der Waals surface area contributed by atoms with Gasteiger partial charge < -0.3 is 4.57 Å². The van der Waals surface area contributed by atoms with Crippen LogP contribution in [0.2, 0.25) is 0 Å². The number of Topliss-reactive ketones (excluding diaryl/α,β-unsaturated/α-hetero) is 1. The normalized spacial score (nSPS) is 10.2. The van der Waals surface area contributed by atoms with Crippen molar-refractivity contribution in [3.8, 4) is 6.07 Å². The average Bonchev–Trinajstić information content (AvgIpc) is 2.84. The molecule has 17 heavy (non-hydrogen) atoms. The second-order valence-electron chi connectivity index (χ2n) is 3.29. The van der Waals surface area contributed by atoms with Crippen LogP contribution in [-0.2, 0) is 6.54 Å². The van der Waals surface area contributed by atoms with Crippen LogP contribution in [0.15, 0.2) is 32.0 Å². The summed E-state index contributed by atoms with van der Waals surface area (Å²) >= 11 is 8.14. The van der Waals surface area contributed by atoms with Gasteiger partial charge in [0, 0.05) is 11.8 Å². The fourth-order valence-corrected chi connectivity index (χ4v) is 4.28. The molecule has 0 radical (unpaired) electrons. The van der Waals surface area contributed by atoms with Crippen molar-refractivity contribution in [1.29, 1.82) is 5.26 Å². The molecule has 2 aromatic rings. The van der Waals surface area contributed by atoms with E-state index in [1.807, 2.05) is 6.07 Å². The van der Waals surface area contributed by atoms with E-state index in [0.29, 0.717) is 11.3 Å². The summed E-state index contributed by atoms with van der Waals surface area (Å²) in [4.78, 5) is 12.0. The van der Waals surface area contributed by atoms with E-state index in [1.165, 1.54) is 11.3 Å². The lowest BCUT2D eigenvalue weighted by molar-refractivity contribution is 0.0971. The number of aromatic nitrogens is 1. The van der Waals surface area contributed by atoms with Gasteiger partial charge in [-0.15, -0.1) is 11.3 Å². The summed E-state index contributed by atoms with van der Waals surface area (Å²) in [5.41, 5.74) is 1.13. The van der Waals surface area contributed by atoms with Crippen molar-refractivity contribution >= 4 is 49.0 Å². The van der Waals surface area contributed by atoms with Gasteiger partial charge >= 0.3 is 0 Å². The average molecular weight is 374 g/mol. The molecule has 86 valence electrons. The van der Waals surface area contributed by atoms with Gasteiger partial charge in [0.25, 0.3) is 0 Å².